The predicted octanol–water partition coefficient (Wildman–Crippen LogP) is 1.66. The van der Waals surface area contributed by atoms with Gasteiger partial charge in [0.1, 0.15) is 5.82 Å². The number of benzene rings is 1. The van der Waals surface area contributed by atoms with Gasteiger partial charge in [-0.25, -0.2) is 8.42 Å². The van der Waals surface area contributed by atoms with Crippen LogP contribution in [0.3, 0.4) is 0 Å². The molecule has 2 heterocycles. The first-order chi connectivity index (χ1) is 11.9. The van der Waals surface area contributed by atoms with E-state index < -0.39 is 15.7 Å². The van der Waals surface area contributed by atoms with Gasteiger partial charge in [0.2, 0.25) is 0 Å². The molecule has 1 fully saturated rings. The van der Waals surface area contributed by atoms with E-state index in [9.17, 15) is 13.2 Å². The fourth-order valence-corrected chi connectivity index (χ4v) is 4.42. The van der Waals surface area contributed by atoms with Crippen LogP contribution >= 0.6 is 11.6 Å². The van der Waals surface area contributed by atoms with E-state index in [1.807, 2.05) is 18.2 Å². The molecule has 1 aliphatic heterocycles. The normalized spacial score (nSPS) is 18.7. The molecule has 9 heteroatoms. The number of hydrogen-bond donors (Lipinski definition) is 2. The maximum absolute atomic E-state index is 12.1. The third-order valence-electron chi connectivity index (χ3n) is 3.88. The first-order valence-electron chi connectivity index (χ1n) is 7.75. The maximum atomic E-state index is 12.1. The first-order valence-corrected chi connectivity index (χ1v) is 9.95. The minimum Gasteiger partial charge on any atom is -0.364 e. The second kappa shape index (κ2) is 7.37. The lowest BCUT2D eigenvalue weighted by Crippen LogP contribution is -2.36. The van der Waals surface area contributed by atoms with Crippen LogP contribution in [0.15, 0.2) is 36.4 Å². The van der Waals surface area contributed by atoms with Gasteiger partial charge < -0.3 is 10.6 Å². The average molecular weight is 381 g/mol. The summed E-state index contributed by atoms with van der Waals surface area (Å²) < 4.78 is 22.8. The summed E-state index contributed by atoms with van der Waals surface area (Å²) in [5.41, 5.74) is 1.07. The fraction of sp³-hybridized carbons (Fsp3) is 0.312. The molecule has 1 unspecified atom stereocenters. The molecule has 1 amide bonds. The third kappa shape index (κ3) is 4.67. The topological polar surface area (TPSA) is 101 Å². The third-order valence-corrected chi connectivity index (χ3v) is 6.02. The molecule has 0 aliphatic carbocycles. The maximum Gasteiger partial charge on any atom is 0.272 e. The first kappa shape index (κ1) is 17.6. The Kier molecular flexibility index (Phi) is 5.19. The zero-order chi connectivity index (χ0) is 17.9. The number of sulfone groups is 1. The Bertz CT molecular complexity index is 871. The summed E-state index contributed by atoms with van der Waals surface area (Å²) in [7, 11) is -3.04. The van der Waals surface area contributed by atoms with Crippen LogP contribution in [-0.4, -0.2) is 42.1 Å². The summed E-state index contributed by atoms with van der Waals surface area (Å²) in [6.07, 6.45) is 0.430. The summed E-state index contributed by atoms with van der Waals surface area (Å²) in [4.78, 5) is 12.1. The van der Waals surface area contributed by atoms with Crippen molar-refractivity contribution >= 4 is 33.2 Å². The van der Waals surface area contributed by atoms with Crippen LogP contribution in [0, 0.1) is 0 Å². The van der Waals surface area contributed by atoms with Crippen molar-refractivity contribution in [2.45, 2.75) is 19.0 Å². The monoisotopic (exact) mass is 380 g/mol. The Morgan fingerprint density at radius 3 is 2.64 bits per heavy atom. The minimum atomic E-state index is -3.04. The van der Waals surface area contributed by atoms with Gasteiger partial charge in [-0.15, -0.1) is 10.2 Å². The molecule has 1 saturated heterocycles. The molecule has 0 bridgehead atoms. The van der Waals surface area contributed by atoms with Gasteiger partial charge >= 0.3 is 0 Å². The zero-order valence-corrected chi connectivity index (χ0v) is 14.8. The Labute approximate surface area is 150 Å². The van der Waals surface area contributed by atoms with E-state index in [-0.39, 0.29) is 23.2 Å². The molecule has 2 N–H and O–H groups in total. The van der Waals surface area contributed by atoms with Gasteiger partial charge in [0.25, 0.3) is 5.91 Å². The Morgan fingerprint density at radius 2 is 2.00 bits per heavy atom. The van der Waals surface area contributed by atoms with Crippen molar-refractivity contribution in [1.29, 1.82) is 0 Å². The highest BCUT2D eigenvalue weighted by atomic mass is 35.5. The Hall–Kier alpha value is -2.19. The molecule has 1 aromatic carbocycles. The van der Waals surface area contributed by atoms with Crippen LogP contribution in [-0.2, 0) is 16.4 Å². The minimum absolute atomic E-state index is 0.0242. The van der Waals surface area contributed by atoms with Crippen LogP contribution in [0.2, 0.25) is 5.02 Å². The lowest BCUT2D eigenvalue weighted by atomic mass is 10.2. The Balaban J connectivity index is 1.56. The van der Waals surface area contributed by atoms with Crippen molar-refractivity contribution in [1.82, 2.24) is 15.5 Å². The standard InChI is InChI=1S/C16H17ClN4O3S/c17-13-4-2-1-3-11(13)9-18-15-6-5-14(20-21-15)16(22)19-12-7-8-25(23,24)10-12/h1-6,12H,7-10H2,(H,18,21)(H,19,22). The second-order valence-electron chi connectivity index (χ2n) is 5.82. The van der Waals surface area contributed by atoms with E-state index in [2.05, 4.69) is 20.8 Å². The number of nitrogens with zero attached hydrogens (tertiary/aromatic N) is 2. The summed E-state index contributed by atoms with van der Waals surface area (Å²) in [6, 6.07) is 10.3. The lowest BCUT2D eigenvalue weighted by Gasteiger charge is -2.10. The molecular formula is C16H17ClN4O3S. The molecular weight excluding hydrogens is 364 g/mol. The number of carbonyl (C=O) groups excluding carboxylic acids is 1. The van der Waals surface area contributed by atoms with Gasteiger partial charge in [-0.2, -0.15) is 0 Å². The average Bonchev–Trinajstić information content (AvgIpc) is 2.93. The van der Waals surface area contributed by atoms with Crippen molar-refractivity contribution in [2.24, 2.45) is 0 Å². The van der Waals surface area contributed by atoms with Crippen molar-refractivity contribution < 1.29 is 13.2 Å². The summed E-state index contributed by atoms with van der Waals surface area (Å²) in [5.74, 6) is 0.171. The van der Waals surface area contributed by atoms with E-state index >= 15 is 0 Å². The number of carbonyl (C=O) groups is 1. The van der Waals surface area contributed by atoms with Crippen molar-refractivity contribution in [3.05, 3.63) is 52.7 Å². The van der Waals surface area contributed by atoms with Gasteiger partial charge in [-0.05, 0) is 30.2 Å². The van der Waals surface area contributed by atoms with Gasteiger partial charge in [0.05, 0.1) is 11.5 Å². The molecule has 1 atom stereocenters. The highest BCUT2D eigenvalue weighted by molar-refractivity contribution is 7.91. The number of amides is 1. The molecule has 1 aliphatic rings. The number of aromatic nitrogens is 2. The van der Waals surface area contributed by atoms with E-state index in [0.717, 1.165) is 5.56 Å². The molecule has 0 radical (unpaired) electrons. The molecule has 25 heavy (non-hydrogen) atoms. The van der Waals surface area contributed by atoms with Gasteiger partial charge in [0.15, 0.2) is 15.5 Å². The molecule has 0 spiro atoms. The van der Waals surface area contributed by atoms with Crippen LogP contribution in [0.1, 0.15) is 22.5 Å². The van der Waals surface area contributed by atoms with Crippen molar-refractivity contribution in [3.63, 3.8) is 0 Å². The lowest BCUT2D eigenvalue weighted by molar-refractivity contribution is 0.0935. The summed E-state index contributed by atoms with van der Waals surface area (Å²) in [5, 5.41) is 14.3. The van der Waals surface area contributed by atoms with Gasteiger partial charge in [0, 0.05) is 17.6 Å². The largest absolute Gasteiger partial charge is 0.364 e. The number of anilines is 1. The number of hydrogen-bond acceptors (Lipinski definition) is 6. The van der Waals surface area contributed by atoms with Gasteiger partial charge in [-0.3, -0.25) is 4.79 Å². The fourth-order valence-electron chi connectivity index (χ4n) is 2.54. The molecule has 7 nitrogen and oxygen atoms in total. The van der Waals surface area contributed by atoms with Gasteiger partial charge in [-0.1, -0.05) is 29.8 Å². The SMILES string of the molecule is O=C(NC1CCS(=O)(=O)C1)c1ccc(NCc2ccccc2Cl)nn1. The van der Waals surface area contributed by atoms with Crippen molar-refractivity contribution in [2.75, 3.05) is 16.8 Å². The Morgan fingerprint density at radius 1 is 1.20 bits per heavy atom. The second-order valence-corrected chi connectivity index (χ2v) is 8.46. The number of nitrogens with one attached hydrogen (secondary N) is 2. The molecule has 1 aromatic heterocycles. The van der Waals surface area contributed by atoms with Crippen molar-refractivity contribution in [3.8, 4) is 0 Å². The molecule has 0 saturated carbocycles. The smallest absolute Gasteiger partial charge is 0.272 e. The van der Waals surface area contributed by atoms with Crippen LogP contribution in [0.25, 0.3) is 0 Å². The van der Waals surface area contributed by atoms with Crippen LogP contribution in [0.4, 0.5) is 5.82 Å². The number of rotatable bonds is 5. The zero-order valence-electron chi connectivity index (χ0n) is 13.3. The van der Waals surface area contributed by atoms with E-state index in [4.69, 9.17) is 11.6 Å². The van der Waals surface area contributed by atoms with E-state index in [1.54, 1.807) is 18.2 Å². The highest BCUT2D eigenvalue weighted by Gasteiger charge is 2.29. The van der Waals surface area contributed by atoms with E-state index in [0.29, 0.717) is 23.8 Å². The molecule has 3 rings (SSSR count). The quantitative estimate of drug-likeness (QED) is 0.818. The number of halogens is 1. The van der Waals surface area contributed by atoms with Crippen LogP contribution in [0.5, 0.6) is 0 Å². The summed E-state index contributed by atoms with van der Waals surface area (Å²) in [6.45, 7) is 0.486. The molecule has 132 valence electrons. The van der Waals surface area contributed by atoms with Crippen LogP contribution < -0.4 is 10.6 Å². The van der Waals surface area contributed by atoms with E-state index in [1.165, 1.54) is 0 Å². The summed E-state index contributed by atoms with van der Waals surface area (Å²) >= 11 is 6.09. The molecule has 2 aromatic rings. The predicted molar refractivity (Wildman–Crippen MR) is 95.3 cm³/mol. The highest BCUT2D eigenvalue weighted by Crippen LogP contribution is 2.16.